The SMILES string of the molecule is C=CCOc1ccc(C(=O)N/N=C/c2ccc(OCC(=O)O)cc2)cc1. The van der Waals surface area contributed by atoms with Crippen LogP contribution in [0, 0.1) is 0 Å². The molecule has 0 unspecified atom stereocenters. The van der Waals surface area contributed by atoms with Gasteiger partial charge in [-0.2, -0.15) is 5.10 Å². The molecule has 2 aromatic carbocycles. The fourth-order valence-corrected chi connectivity index (χ4v) is 1.88. The molecule has 7 nitrogen and oxygen atoms in total. The smallest absolute Gasteiger partial charge is 0.341 e. The predicted molar refractivity (Wildman–Crippen MR) is 96.8 cm³/mol. The fourth-order valence-electron chi connectivity index (χ4n) is 1.88. The van der Waals surface area contributed by atoms with E-state index in [0.29, 0.717) is 23.7 Å². The number of hydrogen-bond donors (Lipinski definition) is 2. The highest BCUT2D eigenvalue weighted by Gasteiger charge is 2.04. The summed E-state index contributed by atoms with van der Waals surface area (Å²) in [5, 5.41) is 12.4. The standard InChI is InChI=1S/C19H18N2O5/c1-2-11-25-16-9-5-15(6-10-16)19(24)21-20-12-14-3-7-17(8-4-14)26-13-18(22)23/h2-10,12H,1,11,13H2,(H,21,24)(H,22,23)/b20-12+. The van der Waals surface area contributed by atoms with Crippen LogP contribution in [0.1, 0.15) is 15.9 Å². The summed E-state index contributed by atoms with van der Waals surface area (Å²) in [6.45, 7) is 3.56. The van der Waals surface area contributed by atoms with E-state index >= 15 is 0 Å². The molecule has 0 saturated heterocycles. The summed E-state index contributed by atoms with van der Waals surface area (Å²) in [6, 6.07) is 13.3. The predicted octanol–water partition coefficient (Wildman–Crippen LogP) is 2.48. The summed E-state index contributed by atoms with van der Waals surface area (Å²) >= 11 is 0. The Labute approximate surface area is 150 Å². The second-order valence-electron chi connectivity index (χ2n) is 5.07. The Morgan fingerprint density at radius 2 is 1.65 bits per heavy atom. The third-order valence-corrected chi connectivity index (χ3v) is 3.11. The second kappa shape index (κ2) is 9.63. The van der Waals surface area contributed by atoms with Gasteiger partial charge in [-0.15, -0.1) is 0 Å². The van der Waals surface area contributed by atoms with Gasteiger partial charge < -0.3 is 14.6 Å². The Bertz CT molecular complexity index is 783. The van der Waals surface area contributed by atoms with E-state index in [1.54, 1.807) is 54.6 Å². The molecule has 26 heavy (non-hydrogen) atoms. The molecular weight excluding hydrogens is 336 g/mol. The van der Waals surface area contributed by atoms with Gasteiger partial charge in [-0.1, -0.05) is 12.7 Å². The molecule has 0 aliphatic rings. The Balaban J connectivity index is 1.86. The normalized spacial score (nSPS) is 10.3. The lowest BCUT2D eigenvalue weighted by molar-refractivity contribution is -0.139. The van der Waals surface area contributed by atoms with Gasteiger partial charge in [-0.05, 0) is 54.1 Å². The van der Waals surface area contributed by atoms with Gasteiger partial charge in [-0.3, -0.25) is 4.79 Å². The largest absolute Gasteiger partial charge is 0.490 e. The van der Waals surface area contributed by atoms with Gasteiger partial charge in [0.05, 0.1) is 6.21 Å². The second-order valence-corrected chi connectivity index (χ2v) is 5.07. The third kappa shape index (κ3) is 6.12. The molecule has 1 amide bonds. The molecule has 0 bridgehead atoms. The summed E-state index contributed by atoms with van der Waals surface area (Å²) in [6.07, 6.45) is 3.11. The average molecular weight is 354 g/mol. The van der Waals surface area contributed by atoms with Crippen molar-refractivity contribution < 1.29 is 24.2 Å². The van der Waals surface area contributed by atoms with E-state index in [-0.39, 0.29) is 5.91 Å². The molecule has 2 N–H and O–H groups in total. The minimum absolute atomic E-state index is 0.349. The highest BCUT2D eigenvalue weighted by molar-refractivity contribution is 5.95. The number of nitrogens with zero attached hydrogens (tertiary/aromatic N) is 1. The number of carbonyl (C=O) groups excluding carboxylic acids is 1. The number of ether oxygens (including phenoxy) is 2. The average Bonchev–Trinajstić information content (AvgIpc) is 2.66. The maximum atomic E-state index is 12.0. The molecule has 7 heteroatoms. The van der Waals surface area contributed by atoms with E-state index in [9.17, 15) is 9.59 Å². The summed E-state index contributed by atoms with van der Waals surface area (Å²) in [4.78, 5) is 22.4. The van der Waals surface area contributed by atoms with E-state index in [2.05, 4.69) is 17.1 Å². The van der Waals surface area contributed by atoms with Crippen molar-refractivity contribution in [2.45, 2.75) is 0 Å². The van der Waals surface area contributed by atoms with Crippen molar-refractivity contribution in [3.8, 4) is 11.5 Å². The van der Waals surface area contributed by atoms with Crippen LogP contribution in [0.5, 0.6) is 11.5 Å². The van der Waals surface area contributed by atoms with E-state index < -0.39 is 12.6 Å². The number of rotatable bonds is 9. The number of carboxylic acids is 1. The monoisotopic (exact) mass is 354 g/mol. The van der Waals surface area contributed by atoms with Gasteiger partial charge in [0.2, 0.25) is 0 Å². The number of hydrogen-bond acceptors (Lipinski definition) is 5. The molecule has 0 fully saturated rings. The molecule has 0 heterocycles. The first-order chi connectivity index (χ1) is 12.6. The summed E-state index contributed by atoms with van der Waals surface area (Å²) < 4.78 is 10.4. The molecule has 2 aromatic rings. The zero-order valence-electron chi connectivity index (χ0n) is 13.9. The van der Waals surface area contributed by atoms with Crippen LogP contribution in [-0.2, 0) is 4.79 Å². The Morgan fingerprint density at radius 1 is 1.04 bits per heavy atom. The summed E-state index contributed by atoms with van der Waals surface area (Å²) in [5.74, 6) is -0.306. The van der Waals surface area contributed by atoms with Crippen LogP contribution in [0.2, 0.25) is 0 Å². The first kappa shape index (κ1) is 18.7. The molecular formula is C19H18N2O5. The van der Waals surface area contributed by atoms with E-state index in [1.807, 2.05) is 0 Å². The van der Waals surface area contributed by atoms with Crippen molar-refractivity contribution in [1.82, 2.24) is 5.43 Å². The molecule has 134 valence electrons. The summed E-state index contributed by atoms with van der Waals surface area (Å²) in [7, 11) is 0. The highest BCUT2D eigenvalue weighted by atomic mass is 16.5. The van der Waals surface area contributed by atoms with Crippen LogP contribution in [0.25, 0.3) is 0 Å². The Kier molecular flexibility index (Phi) is 6.93. The molecule has 0 atom stereocenters. The van der Waals surface area contributed by atoms with Gasteiger partial charge >= 0.3 is 5.97 Å². The molecule has 0 aliphatic heterocycles. The maximum Gasteiger partial charge on any atom is 0.341 e. The number of amides is 1. The highest BCUT2D eigenvalue weighted by Crippen LogP contribution is 2.12. The van der Waals surface area contributed by atoms with Crippen molar-refractivity contribution >= 4 is 18.1 Å². The Morgan fingerprint density at radius 3 is 2.27 bits per heavy atom. The number of carbonyl (C=O) groups is 2. The maximum absolute atomic E-state index is 12.0. The topological polar surface area (TPSA) is 97.2 Å². The van der Waals surface area contributed by atoms with Crippen molar-refractivity contribution in [3.05, 3.63) is 72.3 Å². The van der Waals surface area contributed by atoms with Crippen molar-refractivity contribution in [2.24, 2.45) is 5.10 Å². The lowest BCUT2D eigenvalue weighted by Gasteiger charge is -2.04. The number of nitrogens with one attached hydrogen (secondary N) is 1. The zero-order chi connectivity index (χ0) is 18.8. The molecule has 0 radical (unpaired) electrons. The van der Waals surface area contributed by atoms with Crippen molar-refractivity contribution in [2.75, 3.05) is 13.2 Å². The zero-order valence-corrected chi connectivity index (χ0v) is 13.9. The number of aliphatic carboxylic acids is 1. The van der Waals surface area contributed by atoms with E-state index in [4.69, 9.17) is 14.6 Å². The third-order valence-electron chi connectivity index (χ3n) is 3.11. The van der Waals surface area contributed by atoms with Crippen LogP contribution in [-0.4, -0.2) is 36.4 Å². The van der Waals surface area contributed by atoms with E-state index in [1.165, 1.54) is 6.21 Å². The number of carboxylic acid groups (broad SMARTS) is 1. The van der Waals surface area contributed by atoms with Gasteiger partial charge in [0.25, 0.3) is 5.91 Å². The fraction of sp³-hybridized carbons (Fsp3) is 0.105. The summed E-state index contributed by atoms with van der Waals surface area (Å²) in [5.41, 5.74) is 3.60. The van der Waals surface area contributed by atoms with Crippen LogP contribution >= 0.6 is 0 Å². The first-order valence-electron chi connectivity index (χ1n) is 7.70. The van der Waals surface area contributed by atoms with Crippen molar-refractivity contribution in [1.29, 1.82) is 0 Å². The first-order valence-corrected chi connectivity index (χ1v) is 7.70. The van der Waals surface area contributed by atoms with Gasteiger partial charge in [0.1, 0.15) is 18.1 Å². The molecule has 0 spiro atoms. The minimum Gasteiger partial charge on any atom is -0.490 e. The van der Waals surface area contributed by atoms with Crippen LogP contribution in [0.15, 0.2) is 66.3 Å². The van der Waals surface area contributed by atoms with Gasteiger partial charge in [0.15, 0.2) is 6.61 Å². The molecule has 0 aromatic heterocycles. The lowest BCUT2D eigenvalue weighted by atomic mass is 10.2. The van der Waals surface area contributed by atoms with Crippen molar-refractivity contribution in [3.63, 3.8) is 0 Å². The molecule has 0 saturated carbocycles. The molecule has 0 aliphatic carbocycles. The lowest BCUT2D eigenvalue weighted by Crippen LogP contribution is -2.17. The minimum atomic E-state index is -1.04. The van der Waals surface area contributed by atoms with Crippen LogP contribution in [0.3, 0.4) is 0 Å². The van der Waals surface area contributed by atoms with Crippen LogP contribution in [0.4, 0.5) is 0 Å². The van der Waals surface area contributed by atoms with Crippen LogP contribution < -0.4 is 14.9 Å². The number of hydrazone groups is 1. The molecule has 2 rings (SSSR count). The van der Waals surface area contributed by atoms with E-state index in [0.717, 1.165) is 5.56 Å². The quantitative estimate of drug-likeness (QED) is 0.410. The van der Waals surface area contributed by atoms with Gasteiger partial charge in [-0.25, -0.2) is 10.2 Å². The van der Waals surface area contributed by atoms with Gasteiger partial charge in [0, 0.05) is 5.56 Å². The Hall–Kier alpha value is -3.61. The number of benzene rings is 2.